The smallest absolute Gasteiger partial charge is 0.163 e. The summed E-state index contributed by atoms with van der Waals surface area (Å²) in [7, 11) is 0. The Bertz CT molecular complexity index is 503. The zero-order chi connectivity index (χ0) is 11.7. The molecule has 84 valence electrons. The number of rotatable bonds is 2. The van der Waals surface area contributed by atoms with Gasteiger partial charge in [-0.25, -0.2) is 13.2 Å². The molecule has 1 aromatic carbocycles. The second-order valence-electron chi connectivity index (χ2n) is 2.99. The largest absolute Gasteiger partial charge is 0.388 e. The average molecular weight is 229 g/mol. The maximum atomic E-state index is 13.4. The van der Waals surface area contributed by atoms with Crippen molar-refractivity contribution in [3.63, 3.8) is 0 Å². The summed E-state index contributed by atoms with van der Waals surface area (Å²) in [6.45, 7) is -0.531. The van der Waals surface area contributed by atoms with Crippen LogP contribution in [-0.4, -0.2) is 19.9 Å². The summed E-state index contributed by atoms with van der Waals surface area (Å²) in [6.07, 6.45) is 1.03. The van der Waals surface area contributed by atoms with Gasteiger partial charge in [0.05, 0.1) is 0 Å². The Morgan fingerprint density at radius 3 is 2.38 bits per heavy atom. The summed E-state index contributed by atoms with van der Waals surface area (Å²) >= 11 is 0. The number of aliphatic hydroxyl groups excluding tert-OH is 1. The van der Waals surface area contributed by atoms with Crippen LogP contribution in [0.5, 0.6) is 0 Å². The number of aliphatic hydroxyl groups is 1. The molecule has 16 heavy (non-hydrogen) atoms. The third-order valence-corrected chi connectivity index (χ3v) is 1.98. The zero-order valence-corrected chi connectivity index (χ0v) is 7.86. The van der Waals surface area contributed by atoms with E-state index in [1.807, 2.05) is 0 Å². The molecule has 0 unspecified atom stereocenters. The van der Waals surface area contributed by atoms with Crippen LogP contribution in [0.2, 0.25) is 0 Å². The fourth-order valence-electron chi connectivity index (χ4n) is 1.32. The lowest BCUT2D eigenvalue weighted by molar-refractivity contribution is 0.268. The fraction of sp³-hybridized carbons (Fsp3) is 0.111. The Morgan fingerprint density at radius 2 is 1.81 bits per heavy atom. The van der Waals surface area contributed by atoms with Gasteiger partial charge in [0.25, 0.3) is 0 Å². The number of benzene rings is 1. The van der Waals surface area contributed by atoms with E-state index in [0.29, 0.717) is 12.1 Å². The molecule has 4 nitrogen and oxygen atoms in total. The predicted molar refractivity (Wildman–Crippen MR) is 47.2 cm³/mol. The van der Waals surface area contributed by atoms with Crippen LogP contribution in [0.1, 0.15) is 5.82 Å². The van der Waals surface area contributed by atoms with E-state index in [0.717, 1.165) is 10.9 Å². The van der Waals surface area contributed by atoms with Crippen molar-refractivity contribution in [3.05, 3.63) is 41.7 Å². The highest BCUT2D eigenvalue weighted by molar-refractivity contribution is 5.36. The molecule has 0 aliphatic carbocycles. The molecule has 0 aliphatic heterocycles. The molecule has 0 fully saturated rings. The van der Waals surface area contributed by atoms with Crippen molar-refractivity contribution < 1.29 is 18.3 Å². The SMILES string of the molecule is OCc1nncn1-c1c(F)cc(F)cc1F. The van der Waals surface area contributed by atoms with Gasteiger partial charge >= 0.3 is 0 Å². The molecule has 1 heterocycles. The van der Waals surface area contributed by atoms with E-state index in [1.54, 1.807) is 0 Å². The first-order valence-corrected chi connectivity index (χ1v) is 4.28. The number of nitrogens with zero attached hydrogens (tertiary/aromatic N) is 3. The van der Waals surface area contributed by atoms with E-state index < -0.39 is 29.7 Å². The molecular weight excluding hydrogens is 223 g/mol. The molecule has 0 atom stereocenters. The molecular formula is C9H6F3N3O. The first-order chi connectivity index (χ1) is 7.63. The van der Waals surface area contributed by atoms with Crippen LogP contribution in [0, 0.1) is 17.5 Å². The van der Waals surface area contributed by atoms with Crippen LogP contribution in [-0.2, 0) is 6.61 Å². The monoisotopic (exact) mass is 229 g/mol. The van der Waals surface area contributed by atoms with Gasteiger partial charge in [0, 0.05) is 12.1 Å². The van der Waals surface area contributed by atoms with E-state index in [1.165, 1.54) is 0 Å². The number of halogens is 3. The fourth-order valence-corrected chi connectivity index (χ4v) is 1.32. The number of hydrogen-bond acceptors (Lipinski definition) is 3. The van der Waals surface area contributed by atoms with Gasteiger partial charge in [-0.05, 0) is 0 Å². The Morgan fingerprint density at radius 1 is 1.19 bits per heavy atom. The Balaban J connectivity index is 2.64. The normalized spacial score (nSPS) is 10.8. The molecule has 1 aromatic heterocycles. The van der Waals surface area contributed by atoms with Gasteiger partial charge in [-0.1, -0.05) is 0 Å². The van der Waals surface area contributed by atoms with Crippen LogP contribution in [0.15, 0.2) is 18.5 Å². The van der Waals surface area contributed by atoms with Crippen molar-refractivity contribution >= 4 is 0 Å². The van der Waals surface area contributed by atoms with Gasteiger partial charge in [0.1, 0.15) is 24.4 Å². The highest BCUT2D eigenvalue weighted by Gasteiger charge is 2.16. The highest BCUT2D eigenvalue weighted by atomic mass is 19.1. The molecule has 2 rings (SSSR count). The van der Waals surface area contributed by atoms with Gasteiger partial charge in [0.15, 0.2) is 17.5 Å². The van der Waals surface area contributed by atoms with Crippen molar-refractivity contribution in [2.75, 3.05) is 0 Å². The van der Waals surface area contributed by atoms with Crippen LogP contribution in [0.3, 0.4) is 0 Å². The predicted octanol–water partition coefficient (Wildman–Crippen LogP) is 1.18. The molecule has 0 bridgehead atoms. The van der Waals surface area contributed by atoms with Crippen LogP contribution in [0.25, 0.3) is 5.69 Å². The third-order valence-electron chi connectivity index (χ3n) is 1.98. The quantitative estimate of drug-likeness (QED) is 0.841. The minimum absolute atomic E-state index is 0.0376. The first-order valence-electron chi connectivity index (χ1n) is 4.28. The Kier molecular flexibility index (Phi) is 2.61. The van der Waals surface area contributed by atoms with Crippen LogP contribution >= 0.6 is 0 Å². The standard InChI is InChI=1S/C9H6F3N3O/c10-5-1-6(11)9(7(12)2-5)15-4-13-14-8(15)3-16/h1-2,4,16H,3H2. The number of hydrogen-bond donors (Lipinski definition) is 1. The summed E-state index contributed by atoms with van der Waals surface area (Å²) in [6, 6.07) is 1.08. The lowest BCUT2D eigenvalue weighted by Crippen LogP contribution is -2.06. The maximum Gasteiger partial charge on any atom is 0.163 e. The third kappa shape index (κ3) is 1.65. The Labute approximate surface area is 88.0 Å². The van der Waals surface area contributed by atoms with Gasteiger partial charge in [-0.3, -0.25) is 4.57 Å². The first kappa shape index (κ1) is 10.6. The molecule has 0 saturated heterocycles. The van der Waals surface area contributed by atoms with Crippen molar-refractivity contribution in [2.24, 2.45) is 0 Å². The second-order valence-corrected chi connectivity index (χ2v) is 2.99. The van der Waals surface area contributed by atoms with Gasteiger partial charge in [0.2, 0.25) is 0 Å². The summed E-state index contributed by atoms with van der Waals surface area (Å²) in [5, 5.41) is 15.7. The van der Waals surface area contributed by atoms with Crippen molar-refractivity contribution in [1.29, 1.82) is 0 Å². The molecule has 0 saturated carbocycles. The number of aromatic nitrogens is 3. The molecule has 0 spiro atoms. The van der Waals surface area contributed by atoms with E-state index in [-0.39, 0.29) is 5.82 Å². The van der Waals surface area contributed by atoms with Gasteiger partial charge in [-0.15, -0.1) is 10.2 Å². The maximum absolute atomic E-state index is 13.4. The molecule has 0 amide bonds. The highest BCUT2D eigenvalue weighted by Crippen LogP contribution is 2.20. The summed E-state index contributed by atoms with van der Waals surface area (Å²) in [5.74, 6) is -3.24. The molecule has 0 aliphatic rings. The lowest BCUT2D eigenvalue weighted by atomic mass is 10.2. The lowest BCUT2D eigenvalue weighted by Gasteiger charge is -2.07. The summed E-state index contributed by atoms with van der Waals surface area (Å²) < 4.78 is 40.3. The minimum Gasteiger partial charge on any atom is -0.388 e. The van der Waals surface area contributed by atoms with E-state index in [4.69, 9.17) is 5.11 Å². The van der Waals surface area contributed by atoms with E-state index >= 15 is 0 Å². The summed E-state index contributed by atoms with van der Waals surface area (Å²) in [4.78, 5) is 0. The molecule has 7 heteroatoms. The zero-order valence-electron chi connectivity index (χ0n) is 7.86. The minimum atomic E-state index is -1.09. The van der Waals surface area contributed by atoms with E-state index in [9.17, 15) is 13.2 Å². The molecule has 1 N–H and O–H groups in total. The second kappa shape index (κ2) is 3.93. The van der Waals surface area contributed by atoms with Crippen molar-refractivity contribution in [2.45, 2.75) is 6.61 Å². The van der Waals surface area contributed by atoms with Gasteiger partial charge in [-0.2, -0.15) is 0 Å². The average Bonchev–Trinajstić information content (AvgIpc) is 2.64. The van der Waals surface area contributed by atoms with Crippen molar-refractivity contribution in [1.82, 2.24) is 14.8 Å². The summed E-state index contributed by atoms with van der Waals surface area (Å²) in [5.41, 5.74) is -0.518. The van der Waals surface area contributed by atoms with Crippen LogP contribution in [0.4, 0.5) is 13.2 Å². The van der Waals surface area contributed by atoms with Crippen molar-refractivity contribution in [3.8, 4) is 5.69 Å². The van der Waals surface area contributed by atoms with Crippen LogP contribution < -0.4 is 0 Å². The topological polar surface area (TPSA) is 50.9 Å². The Hall–Kier alpha value is -1.89. The molecule has 2 aromatic rings. The van der Waals surface area contributed by atoms with E-state index in [2.05, 4.69) is 10.2 Å². The molecule has 0 radical (unpaired) electrons. The van der Waals surface area contributed by atoms with Gasteiger partial charge < -0.3 is 5.11 Å².